The summed E-state index contributed by atoms with van der Waals surface area (Å²) in [6.07, 6.45) is 1.51. The van der Waals surface area contributed by atoms with Crippen LogP contribution in [-0.2, 0) is 0 Å². The van der Waals surface area contributed by atoms with Crippen LogP contribution in [0, 0.1) is 6.92 Å². The minimum Gasteiger partial charge on any atom is -0.506 e. The molecular formula is C15H21BrO3. The van der Waals surface area contributed by atoms with Gasteiger partial charge >= 0.3 is 0 Å². The van der Waals surface area contributed by atoms with Gasteiger partial charge in [-0.05, 0) is 67.1 Å². The van der Waals surface area contributed by atoms with Gasteiger partial charge in [-0.25, -0.2) is 0 Å². The van der Waals surface area contributed by atoms with Crippen molar-refractivity contribution in [1.82, 2.24) is 0 Å². The van der Waals surface area contributed by atoms with E-state index < -0.39 is 5.60 Å². The Morgan fingerprint density at radius 3 is 2.58 bits per heavy atom. The molecule has 1 aromatic rings. The van der Waals surface area contributed by atoms with Gasteiger partial charge in [0.2, 0.25) is 0 Å². The number of aliphatic hydroxyl groups is 1. The average molecular weight is 329 g/mol. The van der Waals surface area contributed by atoms with Crippen LogP contribution in [0.4, 0.5) is 0 Å². The minimum absolute atomic E-state index is 0.230. The van der Waals surface area contributed by atoms with Gasteiger partial charge in [0.25, 0.3) is 0 Å². The normalized spacial score (nSPS) is 23.5. The smallest absolute Gasteiger partial charge is 0.133 e. The summed E-state index contributed by atoms with van der Waals surface area (Å²) in [6.45, 7) is 7.59. The van der Waals surface area contributed by atoms with E-state index >= 15 is 0 Å². The number of fused-ring (bicyclic) bond motifs is 1. The summed E-state index contributed by atoms with van der Waals surface area (Å²) in [7, 11) is 0. The van der Waals surface area contributed by atoms with Crippen molar-refractivity contribution in [1.29, 1.82) is 0 Å². The maximum atomic E-state index is 10.2. The summed E-state index contributed by atoms with van der Waals surface area (Å²) in [5.74, 6) is 1.34. The zero-order valence-corrected chi connectivity index (χ0v) is 13.4. The molecule has 1 aromatic carbocycles. The monoisotopic (exact) mass is 328 g/mol. The number of hydrogen-bond donors (Lipinski definition) is 2. The van der Waals surface area contributed by atoms with Crippen LogP contribution in [-0.4, -0.2) is 21.9 Å². The van der Waals surface area contributed by atoms with Crippen LogP contribution in [0.2, 0.25) is 0 Å². The van der Waals surface area contributed by atoms with Crippen molar-refractivity contribution >= 4 is 15.9 Å². The molecule has 2 rings (SSSR count). The Morgan fingerprint density at radius 1 is 1.37 bits per heavy atom. The molecular weight excluding hydrogens is 308 g/mol. The zero-order valence-electron chi connectivity index (χ0n) is 11.8. The molecule has 0 aliphatic carbocycles. The first kappa shape index (κ1) is 14.7. The topological polar surface area (TPSA) is 49.7 Å². The number of phenolic OH excluding ortho intramolecular Hbond substituents is 1. The van der Waals surface area contributed by atoms with Gasteiger partial charge in [-0.15, -0.1) is 0 Å². The van der Waals surface area contributed by atoms with Gasteiger partial charge in [-0.2, -0.15) is 0 Å². The van der Waals surface area contributed by atoms with Crippen LogP contribution in [0.5, 0.6) is 11.5 Å². The highest BCUT2D eigenvalue weighted by Gasteiger charge is 2.34. The Balaban J connectivity index is 2.52. The highest BCUT2D eigenvalue weighted by molar-refractivity contribution is 9.10. The number of halogens is 1. The molecule has 0 saturated carbocycles. The van der Waals surface area contributed by atoms with Crippen molar-refractivity contribution in [3.63, 3.8) is 0 Å². The first-order valence-corrected chi connectivity index (χ1v) is 7.42. The molecule has 0 amide bonds. The Morgan fingerprint density at radius 2 is 2.00 bits per heavy atom. The number of benzene rings is 1. The van der Waals surface area contributed by atoms with E-state index in [-0.39, 0.29) is 11.9 Å². The van der Waals surface area contributed by atoms with Gasteiger partial charge in [-0.1, -0.05) is 6.92 Å². The maximum Gasteiger partial charge on any atom is 0.133 e. The summed E-state index contributed by atoms with van der Waals surface area (Å²) in [5.41, 5.74) is 1.03. The number of hydrogen-bond acceptors (Lipinski definition) is 3. The second-order valence-electron chi connectivity index (χ2n) is 5.98. The molecule has 3 nitrogen and oxygen atoms in total. The standard InChI is InChI=1S/C15H21BrO3/c1-8-5-6-12(15(3,4)18)19-11-7-10(16)14(17)9(2)13(8)11/h7-8,12,17-18H,5-6H2,1-4H3. The van der Waals surface area contributed by atoms with Gasteiger partial charge < -0.3 is 14.9 Å². The lowest BCUT2D eigenvalue weighted by atomic mass is 9.89. The largest absolute Gasteiger partial charge is 0.506 e. The predicted molar refractivity (Wildman–Crippen MR) is 78.9 cm³/mol. The molecule has 4 heteroatoms. The van der Waals surface area contributed by atoms with E-state index in [0.29, 0.717) is 10.4 Å². The Hall–Kier alpha value is -0.740. The van der Waals surface area contributed by atoms with Crippen LogP contribution >= 0.6 is 15.9 Å². The Kier molecular flexibility index (Phi) is 3.85. The molecule has 0 aromatic heterocycles. The van der Waals surface area contributed by atoms with Crippen LogP contribution in [0.25, 0.3) is 0 Å². The van der Waals surface area contributed by atoms with Crippen molar-refractivity contribution in [2.75, 3.05) is 0 Å². The van der Waals surface area contributed by atoms with Gasteiger partial charge in [0, 0.05) is 5.56 Å². The van der Waals surface area contributed by atoms with E-state index in [9.17, 15) is 10.2 Å². The van der Waals surface area contributed by atoms with E-state index in [1.165, 1.54) is 0 Å². The molecule has 2 N–H and O–H groups in total. The third kappa shape index (κ3) is 2.75. The lowest BCUT2D eigenvalue weighted by Gasteiger charge is -2.29. The van der Waals surface area contributed by atoms with Crippen molar-refractivity contribution in [2.24, 2.45) is 0 Å². The summed E-state index contributed by atoms with van der Waals surface area (Å²) in [6, 6.07) is 1.80. The fourth-order valence-electron chi connectivity index (χ4n) is 2.72. The number of phenols is 1. The maximum absolute atomic E-state index is 10.2. The second-order valence-corrected chi connectivity index (χ2v) is 6.84. The van der Waals surface area contributed by atoms with Crippen LogP contribution in [0.1, 0.15) is 50.7 Å². The van der Waals surface area contributed by atoms with E-state index in [1.807, 2.05) is 6.92 Å². The van der Waals surface area contributed by atoms with Crippen molar-refractivity contribution in [2.45, 2.75) is 58.2 Å². The molecule has 2 atom stereocenters. The third-order valence-corrected chi connectivity index (χ3v) is 4.53. The highest BCUT2D eigenvalue weighted by atomic mass is 79.9. The third-order valence-electron chi connectivity index (χ3n) is 3.92. The number of rotatable bonds is 1. The molecule has 1 aliphatic rings. The van der Waals surface area contributed by atoms with Crippen LogP contribution in [0.3, 0.4) is 0 Å². The molecule has 19 heavy (non-hydrogen) atoms. The van der Waals surface area contributed by atoms with Crippen LogP contribution < -0.4 is 4.74 Å². The average Bonchev–Trinajstić information content (AvgIpc) is 2.45. The van der Waals surface area contributed by atoms with Crippen LogP contribution in [0.15, 0.2) is 10.5 Å². The minimum atomic E-state index is -0.875. The van der Waals surface area contributed by atoms with Gasteiger partial charge in [0.05, 0.1) is 10.1 Å². The molecule has 0 spiro atoms. The molecule has 106 valence electrons. The highest BCUT2D eigenvalue weighted by Crippen LogP contribution is 2.44. The molecule has 2 unspecified atom stereocenters. The Labute approximate surface area is 122 Å². The van der Waals surface area contributed by atoms with Gasteiger partial charge in [0.1, 0.15) is 17.6 Å². The van der Waals surface area contributed by atoms with E-state index in [1.54, 1.807) is 19.9 Å². The quantitative estimate of drug-likeness (QED) is 0.822. The van der Waals surface area contributed by atoms with Crippen molar-refractivity contribution in [3.05, 3.63) is 21.7 Å². The fraction of sp³-hybridized carbons (Fsp3) is 0.600. The predicted octanol–water partition coefficient (Wildman–Crippen LogP) is 3.88. The second kappa shape index (κ2) is 4.98. The molecule has 1 aliphatic heterocycles. The molecule has 0 radical (unpaired) electrons. The van der Waals surface area contributed by atoms with Crippen molar-refractivity contribution in [3.8, 4) is 11.5 Å². The molecule has 0 saturated heterocycles. The van der Waals surface area contributed by atoms with E-state index in [0.717, 1.165) is 29.7 Å². The Bertz CT molecular complexity index is 491. The van der Waals surface area contributed by atoms with E-state index in [4.69, 9.17) is 4.74 Å². The lowest BCUT2D eigenvalue weighted by molar-refractivity contribution is -0.0361. The first-order chi connectivity index (χ1) is 8.71. The molecule has 1 heterocycles. The molecule has 0 fully saturated rings. The summed E-state index contributed by atoms with van der Waals surface area (Å²) in [4.78, 5) is 0. The van der Waals surface area contributed by atoms with Gasteiger partial charge in [0.15, 0.2) is 0 Å². The lowest BCUT2D eigenvalue weighted by Crippen LogP contribution is -2.40. The molecule has 0 bridgehead atoms. The summed E-state index contributed by atoms with van der Waals surface area (Å²) in [5, 5.41) is 20.2. The fourth-order valence-corrected chi connectivity index (χ4v) is 3.22. The van der Waals surface area contributed by atoms with Gasteiger partial charge in [-0.3, -0.25) is 0 Å². The number of aromatic hydroxyl groups is 1. The summed E-state index contributed by atoms with van der Waals surface area (Å²) >= 11 is 3.35. The van der Waals surface area contributed by atoms with E-state index in [2.05, 4.69) is 22.9 Å². The first-order valence-electron chi connectivity index (χ1n) is 6.62. The SMILES string of the molecule is Cc1c(O)c(Br)cc2c1C(C)CCC(C(C)(C)O)O2. The number of ether oxygens (including phenoxy) is 1. The summed E-state index contributed by atoms with van der Waals surface area (Å²) < 4.78 is 6.65. The zero-order chi connectivity index (χ0) is 14.4. The van der Waals surface area contributed by atoms with Crippen molar-refractivity contribution < 1.29 is 14.9 Å².